The Morgan fingerprint density at radius 2 is 2.12 bits per heavy atom. The largest absolute Gasteiger partial charge is 0.469 e. The maximum atomic E-state index is 11.3. The minimum atomic E-state index is -3.32. The smallest absolute Gasteiger partial charge is 0.305 e. The van der Waals surface area contributed by atoms with Crippen LogP contribution in [0.2, 0.25) is 0 Å². The molecule has 0 heterocycles. The topological polar surface area (TPSA) is 72.5 Å². The maximum absolute atomic E-state index is 11.3. The number of ether oxygens (including phenoxy) is 1. The summed E-state index contributed by atoms with van der Waals surface area (Å²) in [6, 6.07) is 0. The lowest BCUT2D eigenvalue weighted by Gasteiger charge is -2.03. The van der Waals surface area contributed by atoms with E-state index < -0.39 is 16.0 Å². The number of halogens is 1. The lowest BCUT2D eigenvalue weighted by Crippen LogP contribution is -2.26. The zero-order valence-corrected chi connectivity index (χ0v) is 10.7. The minimum Gasteiger partial charge on any atom is -0.469 e. The maximum Gasteiger partial charge on any atom is 0.305 e. The van der Waals surface area contributed by atoms with Gasteiger partial charge in [0, 0.05) is 18.8 Å². The molecule has 0 rings (SSSR count). The number of sulfonamides is 1. The van der Waals surface area contributed by atoms with Crippen molar-refractivity contribution in [1.29, 1.82) is 0 Å². The number of esters is 1. The highest BCUT2D eigenvalue weighted by atomic mass is 35.5. The molecule has 1 N–H and O–H groups in total. The average Bonchev–Trinajstić information content (AvgIpc) is 2.24. The molecular formula is C9H16ClNO4S. The van der Waals surface area contributed by atoms with Crippen molar-refractivity contribution < 1.29 is 17.9 Å². The van der Waals surface area contributed by atoms with Gasteiger partial charge in [-0.1, -0.05) is 12.2 Å². The molecule has 94 valence electrons. The van der Waals surface area contributed by atoms with E-state index in [0.717, 1.165) is 0 Å². The number of carbonyl (C=O) groups is 1. The van der Waals surface area contributed by atoms with Crippen LogP contribution in [0.3, 0.4) is 0 Å². The van der Waals surface area contributed by atoms with Crippen molar-refractivity contribution >= 4 is 27.6 Å². The van der Waals surface area contributed by atoms with Gasteiger partial charge in [-0.05, 0) is 6.42 Å². The summed E-state index contributed by atoms with van der Waals surface area (Å²) < 4.78 is 29.4. The summed E-state index contributed by atoms with van der Waals surface area (Å²) in [6.45, 7) is 0.216. The van der Waals surface area contributed by atoms with E-state index in [1.165, 1.54) is 7.11 Å². The summed E-state index contributed by atoms with van der Waals surface area (Å²) >= 11 is 5.37. The zero-order valence-electron chi connectivity index (χ0n) is 9.11. The Bertz CT molecular complexity index is 326. The molecule has 0 aliphatic rings. The lowest BCUT2D eigenvalue weighted by molar-refractivity contribution is -0.140. The second kappa shape index (κ2) is 8.55. The van der Waals surface area contributed by atoms with Crippen LogP contribution >= 0.6 is 11.6 Å². The summed E-state index contributed by atoms with van der Waals surface area (Å²) in [7, 11) is -2.05. The van der Waals surface area contributed by atoms with Crippen LogP contribution in [-0.2, 0) is 19.6 Å². The molecular weight excluding hydrogens is 254 g/mol. The lowest BCUT2D eigenvalue weighted by atomic mass is 10.3. The van der Waals surface area contributed by atoms with Gasteiger partial charge in [-0.2, -0.15) is 0 Å². The highest BCUT2D eigenvalue weighted by Crippen LogP contribution is 1.96. The highest BCUT2D eigenvalue weighted by molar-refractivity contribution is 7.89. The quantitative estimate of drug-likeness (QED) is 0.399. The molecule has 0 aliphatic heterocycles. The molecule has 0 aliphatic carbocycles. The van der Waals surface area contributed by atoms with Crippen LogP contribution in [-0.4, -0.2) is 39.7 Å². The third-order valence-corrected chi connectivity index (χ3v) is 3.31. The van der Waals surface area contributed by atoms with Crippen LogP contribution in [0, 0.1) is 0 Å². The molecule has 0 atom stereocenters. The van der Waals surface area contributed by atoms with E-state index in [1.54, 1.807) is 12.2 Å². The van der Waals surface area contributed by atoms with Crippen LogP contribution in [0.25, 0.3) is 0 Å². The van der Waals surface area contributed by atoms with E-state index in [2.05, 4.69) is 9.46 Å². The van der Waals surface area contributed by atoms with Gasteiger partial charge in [0.2, 0.25) is 10.0 Å². The third-order valence-electron chi connectivity index (χ3n) is 1.70. The second-order valence-corrected chi connectivity index (χ2v) is 5.21. The third kappa shape index (κ3) is 8.70. The van der Waals surface area contributed by atoms with E-state index in [1.807, 2.05) is 0 Å². The van der Waals surface area contributed by atoms with Crippen LogP contribution in [0.4, 0.5) is 0 Å². The van der Waals surface area contributed by atoms with Gasteiger partial charge in [0.05, 0.1) is 12.9 Å². The Balaban J connectivity index is 3.79. The summed E-state index contributed by atoms with van der Waals surface area (Å²) in [6.07, 6.45) is 3.64. The number of hydrogen-bond donors (Lipinski definition) is 1. The number of hydrogen-bond acceptors (Lipinski definition) is 4. The predicted octanol–water partition coefficient (Wildman–Crippen LogP) is 0.654. The van der Waals surface area contributed by atoms with E-state index >= 15 is 0 Å². The van der Waals surface area contributed by atoms with Gasteiger partial charge in [-0.25, -0.2) is 13.1 Å². The molecule has 0 aromatic carbocycles. The van der Waals surface area contributed by atoms with Crippen molar-refractivity contribution in [2.24, 2.45) is 0 Å². The summed E-state index contributed by atoms with van der Waals surface area (Å²) in [4.78, 5) is 10.7. The monoisotopic (exact) mass is 269 g/mol. The fourth-order valence-corrected chi connectivity index (χ4v) is 2.05. The minimum absolute atomic E-state index is 0.0865. The van der Waals surface area contributed by atoms with Gasteiger partial charge in [0.15, 0.2) is 0 Å². The first-order valence-corrected chi connectivity index (χ1v) is 6.95. The second-order valence-electron chi connectivity index (χ2n) is 2.97. The van der Waals surface area contributed by atoms with Crippen LogP contribution in [0.5, 0.6) is 0 Å². The van der Waals surface area contributed by atoms with Gasteiger partial charge in [0.1, 0.15) is 0 Å². The number of carbonyl (C=O) groups excluding carboxylic acids is 1. The molecule has 0 radical (unpaired) electrons. The van der Waals surface area contributed by atoms with Gasteiger partial charge in [-0.3, -0.25) is 4.79 Å². The molecule has 0 saturated heterocycles. The standard InChI is InChI=1S/C9H16ClNO4S/c1-15-9(12)5-4-8-16(13,14)11-7-3-2-6-10/h2-3,11H,4-8H2,1H3/b3-2+. The number of alkyl halides is 1. The fraction of sp³-hybridized carbons (Fsp3) is 0.667. The molecule has 0 spiro atoms. The molecule has 0 fully saturated rings. The number of allylic oxidation sites excluding steroid dienone is 1. The predicted molar refractivity (Wildman–Crippen MR) is 62.9 cm³/mol. The molecule has 0 saturated carbocycles. The van der Waals surface area contributed by atoms with Crippen molar-refractivity contribution in [2.75, 3.05) is 25.3 Å². The van der Waals surface area contributed by atoms with Crippen molar-refractivity contribution in [3.05, 3.63) is 12.2 Å². The number of methoxy groups -OCH3 is 1. The first kappa shape index (κ1) is 15.4. The van der Waals surface area contributed by atoms with Crippen LogP contribution in [0.15, 0.2) is 12.2 Å². The molecule has 5 nitrogen and oxygen atoms in total. The first-order chi connectivity index (χ1) is 7.52. The molecule has 0 unspecified atom stereocenters. The van der Waals surface area contributed by atoms with E-state index in [4.69, 9.17) is 11.6 Å². The van der Waals surface area contributed by atoms with Crippen molar-refractivity contribution in [1.82, 2.24) is 4.72 Å². The molecule has 7 heteroatoms. The van der Waals surface area contributed by atoms with Gasteiger partial charge in [0.25, 0.3) is 0 Å². The van der Waals surface area contributed by atoms with Gasteiger partial charge in [-0.15, -0.1) is 11.6 Å². The highest BCUT2D eigenvalue weighted by Gasteiger charge is 2.10. The van der Waals surface area contributed by atoms with Crippen LogP contribution < -0.4 is 4.72 Å². The summed E-state index contributed by atoms with van der Waals surface area (Å²) in [5.41, 5.74) is 0. The Kier molecular flexibility index (Phi) is 8.23. The number of nitrogens with one attached hydrogen (secondary N) is 1. The summed E-state index contributed by atoms with van der Waals surface area (Å²) in [5.74, 6) is -0.141. The van der Waals surface area contributed by atoms with Gasteiger partial charge >= 0.3 is 5.97 Å². The van der Waals surface area contributed by atoms with E-state index in [0.29, 0.717) is 5.88 Å². The molecule has 0 amide bonds. The molecule has 0 bridgehead atoms. The Hall–Kier alpha value is -0.590. The molecule has 0 aromatic rings. The normalized spacial score (nSPS) is 11.9. The van der Waals surface area contributed by atoms with Crippen molar-refractivity contribution in [2.45, 2.75) is 12.8 Å². The zero-order chi connectivity index (χ0) is 12.4. The van der Waals surface area contributed by atoms with Crippen molar-refractivity contribution in [3.8, 4) is 0 Å². The van der Waals surface area contributed by atoms with Gasteiger partial charge < -0.3 is 4.74 Å². The van der Waals surface area contributed by atoms with Crippen molar-refractivity contribution in [3.63, 3.8) is 0 Å². The Morgan fingerprint density at radius 3 is 2.69 bits per heavy atom. The molecule has 16 heavy (non-hydrogen) atoms. The Morgan fingerprint density at radius 1 is 1.44 bits per heavy atom. The SMILES string of the molecule is COC(=O)CCCS(=O)(=O)NC/C=C/CCl. The average molecular weight is 270 g/mol. The Labute approximate surface area is 101 Å². The molecule has 0 aromatic heterocycles. The summed E-state index contributed by atoms with van der Waals surface area (Å²) in [5, 5.41) is 0. The van der Waals surface area contributed by atoms with E-state index in [-0.39, 0.29) is 25.1 Å². The fourth-order valence-electron chi connectivity index (χ4n) is 0.902. The van der Waals surface area contributed by atoms with E-state index in [9.17, 15) is 13.2 Å². The number of rotatable bonds is 8. The first-order valence-electron chi connectivity index (χ1n) is 4.77. The van der Waals surface area contributed by atoms with Crippen LogP contribution in [0.1, 0.15) is 12.8 Å².